The summed E-state index contributed by atoms with van der Waals surface area (Å²) in [6.45, 7) is 3.87. The van der Waals surface area contributed by atoms with Crippen LogP contribution in [0.25, 0.3) is 0 Å². The molecule has 0 bridgehead atoms. The van der Waals surface area contributed by atoms with Gasteiger partial charge in [-0.3, -0.25) is 4.98 Å². The number of aromatic nitrogens is 1. The van der Waals surface area contributed by atoms with Gasteiger partial charge in [0, 0.05) is 17.8 Å². The molecule has 2 rings (SSSR count). The summed E-state index contributed by atoms with van der Waals surface area (Å²) < 4.78 is 6.18. The van der Waals surface area contributed by atoms with Crippen molar-refractivity contribution in [3.05, 3.63) is 64.9 Å². The van der Waals surface area contributed by atoms with Gasteiger partial charge in [-0.15, -0.1) is 0 Å². The lowest BCUT2D eigenvalue weighted by Crippen LogP contribution is -2.24. The average Bonchev–Trinajstić information content (AvgIpc) is 2.49. The summed E-state index contributed by atoms with van der Waals surface area (Å²) in [5.41, 5.74) is 1.99. The standard InChI is InChI=1S/C18H23ClN2O/c1-14(12-21(2)3)13-22-18(17-6-4-5-11-20-17)15-7-9-16(19)10-8-15/h4-11,14,18H,12-13H2,1-3H3/t14-,18-/m0/s1. The van der Waals surface area contributed by atoms with E-state index in [0.29, 0.717) is 12.5 Å². The van der Waals surface area contributed by atoms with Gasteiger partial charge >= 0.3 is 0 Å². The third-order valence-corrected chi connectivity index (χ3v) is 3.61. The molecule has 2 aromatic rings. The topological polar surface area (TPSA) is 25.4 Å². The van der Waals surface area contributed by atoms with Crippen LogP contribution in [-0.4, -0.2) is 37.1 Å². The van der Waals surface area contributed by atoms with Crippen LogP contribution in [-0.2, 0) is 4.74 Å². The van der Waals surface area contributed by atoms with Gasteiger partial charge in [0.25, 0.3) is 0 Å². The molecule has 0 unspecified atom stereocenters. The predicted molar refractivity (Wildman–Crippen MR) is 91.2 cm³/mol. The highest BCUT2D eigenvalue weighted by molar-refractivity contribution is 6.30. The maximum Gasteiger partial charge on any atom is 0.124 e. The van der Waals surface area contributed by atoms with Gasteiger partial charge in [-0.2, -0.15) is 0 Å². The molecule has 0 fully saturated rings. The molecule has 118 valence electrons. The fourth-order valence-corrected chi connectivity index (χ4v) is 2.58. The third kappa shape index (κ3) is 5.09. The lowest BCUT2D eigenvalue weighted by atomic mass is 10.1. The van der Waals surface area contributed by atoms with E-state index in [1.54, 1.807) is 6.20 Å². The van der Waals surface area contributed by atoms with E-state index in [9.17, 15) is 0 Å². The van der Waals surface area contributed by atoms with Crippen LogP contribution in [0.4, 0.5) is 0 Å². The van der Waals surface area contributed by atoms with Crippen LogP contribution < -0.4 is 0 Å². The smallest absolute Gasteiger partial charge is 0.124 e. The molecule has 3 nitrogen and oxygen atoms in total. The molecule has 1 aromatic carbocycles. The number of ether oxygens (including phenoxy) is 1. The van der Waals surface area contributed by atoms with Crippen molar-refractivity contribution in [2.45, 2.75) is 13.0 Å². The Morgan fingerprint density at radius 2 is 1.86 bits per heavy atom. The van der Waals surface area contributed by atoms with E-state index in [1.165, 1.54) is 0 Å². The molecule has 0 aliphatic carbocycles. The summed E-state index contributed by atoms with van der Waals surface area (Å²) in [5.74, 6) is 0.452. The zero-order valence-electron chi connectivity index (χ0n) is 13.4. The summed E-state index contributed by atoms with van der Waals surface area (Å²) in [4.78, 5) is 6.62. The van der Waals surface area contributed by atoms with E-state index in [-0.39, 0.29) is 6.10 Å². The highest BCUT2D eigenvalue weighted by Crippen LogP contribution is 2.26. The van der Waals surface area contributed by atoms with Crippen molar-refractivity contribution in [3.63, 3.8) is 0 Å². The van der Waals surface area contributed by atoms with Crippen molar-refractivity contribution < 1.29 is 4.74 Å². The average molecular weight is 319 g/mol. The quantitative estimate of drug-likeness (QED) is 0.770. The summed E-state index contributed by atoms with van der Waals surface area (Å²) >= 11 is 5.99. The maximum absolute atomic E-state index is 6.18. The number of pyridine rings is 1. The Balaban J connectivity index is 2.14. The molecule has 0 amide bonds. The Kier molecular flexibility index (Phi) is 6.37. The molecule has 1 heterocycles. The first-order valence-electron chi connectivity index (χ1n) is 7.49. The van der Waals surface area contributed by atoms with E-state index in [2.05, 4.69) is 30.9 Å². The highest BCUT2D eigenvalue weighted by atomic mass is 35.5. The second kappa shape index (κ2) is 8.28. The summed E-state index contributed by atoms with van der Waals surface area (Å²) in [6, 6.07) is 13.7. The first kappa shape index (κ1) is 16.9. The zero-order chi connectivity index (χ0) is 15.9. The van der Waals surface area contributed by atoms with Crippen molar-refractivity contribution in [1.29, 1.82) is 0 Å². The molecule has 0 aliphatic rings. The normalized spacial score (nSPS) is 14.0. The van der Waals surface area contributed by atoms with Gasteiger partial charge in [-0.1, -0.05) is 36.7 Å². The van der Waals surface area contributed by atoms with Gasteiger partial charge in [-0.05, 0) is 49.8 Å². The lowest BCUT2D eigenvalue weighted by molar-refractivity contribution is 0.0475. The minimum atomic E-state index is -0.164. The van der Waals surface area contributed by atoms with Crippen molar-refractivity contribution in [2.24, 2.45) is 5.92 Å². The van der Waals surface area contributed by atoms with E-state index >= 15 is 0 Å². The van der Waals surface area contributed by atoms with Gasteiger partial charge in [0.15, 0.2) is 0 Å². The number of hydrogen-bond acceptors (Lipinski definition) is 3. The van der Waals surface area contributed by atoms with Crippen LogP contribution in [0.5, 0.6) is 0 Å². The lowest BCUT2D eigenvalue weighted by Gasteiger charge is -2.22. The SMILES string of the molecule is C[C@H](CO[C@@H](c1ccc(Cl)cc1)c1ccccn1)CN(C)C. The van der Waals surface area contributed by atoms with Crippen LogP contribution in [0.2, 0.25) is 5.02 Å². The molecule has 0 saturated heterocycles. The van der Waals surface area contributed by atoms with Gasteiger partial charge in [-0.25, -0.2) is 0 Å². The molecule has 0 aliphatic heterocycles. The van der Waals surface area contributed by atoms with Gasteiger partial charge in [0.1, 0.15) is 6.10 Å². The molecule has 4 heteroatoms. The fourth-order valence-electron chi connectivity index (χ4n) is 2.46. The number of rotatable bonds is 7. The van der Waals surface area contributed by atoms with Crippen molar-refractivity contribution >= 4 is 11.6 Å². The van der Waals surface area contributed by atoms with Gasteiger partial charge in [0.2, 0.25) is 0 Å². The van der Waals surface area contributed by atoms with Crippen LogP contribution in [0.15, 0.2) is 48.7 Å². The van der Waals surface area contributed by atoms with Gasteiger partial charge < -0.3 is 9.64 Å². The Bertz CT molecular complexity index is 557. The molecule has 2 atom stereocenters. The number of hydrogen-bond donors (Lipinski definition) is 0. The first-order chi connectivity index (χ1) is 10.6. The van der Waals surface area contributed by atoms with Crippen LogP contribution in [0, 0.1) is 5.92 Å². The zero-order valence-corrected chi connectivity index (χ0v) is 14.1. The monoisotopic (exact) mass is 318 g/mol. The Hall–Kier alpha value is -1.42. The number of halogens is 1. The second-order valence-corrected chi connectivity index (χ2v) is 6.32. The van der Waals surface area contributed by atoms with Gasteiger partial charge in [0.05, 0.1) is 12.3 Å². The molecule has 1 aromatic heterocycles. The molecule has 0 radical (unpaired) electrons. The number of nitrogens with zero attached hydrogens (tertiary/aromatic N) is 2. The second-order valence-electron chi connectivity index (χ2n) is 5.89. The first-order valence-corrected chi connectivity index (χ1v) is 7.87. The Morgan fingerprint density at radius 1 is 1.14 bits per heavy atom. The van der Waals surface area contributed by atoms with Crippen LogP contribution in [0.1, 0.15) is 24.3 Å². The summed E-state index contributed by atoms with van der Waals surface area (Å²) in [7, 11) is 4.15. The minimum Gasteiger partial charge on any atom is -0.367 e. The highest BCUT2D eigenvalue weighted by Gasteiger charge is 2.17. The predicted octanol–water partition coefficient (Wildman–Crippen LogP) is 4.04. The van der Waals surface area contributed by atoms with Crippen LogP contribution >= 0.6 is 11.6 Å². The molecule has 0 saturated carbocycles. The molecular weight excluding hydrogens is 296 g/mol. The summed E-state index contributed by atoms with van der Waals surface area (Å²) in [5, 5.41) is 0.726. The molecule has 0 N–H and O–H groups in total. The minimum absolute atomic E-state index is 0.164. The molecule has 22 heavy (non-hydrogen) atoms. The largest absolute Gasteiger partial charge is 0.367 e. The fraction of sp³-hybridized carbons (Fsp3) is 0.389. The van der Waals surface area contributed by atoms with E-state index < -0.39 is 0 Å². The van der Waals surface area contributed by atoms with Crippen molar-refractivity contribution in [2.75, 3.05) is 27.2 Å². The Morgan fingerprint density at radius 3 is 2.45 bits per heavy atom. The third-order valence-electron chi connectivity index (χ3n) is 3.35. The molecule has 0 spiro atoms. The van der Waals surface area contributed by atoms with Crippen molar-refractivity contribution in [1.82, 2.24) is 9.88 Å². The molecular formula is C18H23ClN2O. The van der Waals surface area contributed by atoms with E-state index in [4.69, 9.17) is 16.3 Å². The number of benzene rings is 1. The Labute approximate surface area is 137 Å². The van der Waals surface area contributed by atoms with E-state index in [1.807, 2.05) is 42.5 Å². The van der Waals surface area contributed by atoms with E-state index in [0.717, 1.165) is 22.8 Å². The van der Waals surface area contributed by atoms with Crippen molar-refractivity contribution in [3.8, 4) is 0 Å². The van der Waals surface area contributed by atoms with Crippen LogP contribution in [0.3, 0.4) is 0 Å². The summed E-state index contributed by atoms with van der Waals surface area (Å²) in [6.07, 6.45) is 1.63. The maximum atomic E-state index is 6.18.